The standard InChI is InChI=1S/C11H15ClN2O3S/c12-10-5-1-2-6-11(10)17-9-4-3-7-14(8-9)18(13,15)16/h1-2,5-6,9H,3-4,7-8H2,(H2,13,15,16)/t9-/m1/s1. The van der Waals surface area contributed by atoms with Crippen molar-refractivity contribution in [3.8, 4) is 5.75 Å². The van der Waals surface area contributed by atoms with Gasteiger partial charge < -0.3 is 4.74 Å². The van der Waals surface area contributed by atoms with Gasteiger partial charge in [-0.05, 0) is 25.0 Å². The molecule has 0 bridgehead atoms. The van der Waals surface area contributed by atoms with Gasteiger partial charge in [-0.15, -0.1) is 0 Å². The van der Waals surface area contributed by atoms with Crippen LogP contribution >= 0.6 is 11.6 Å². The van der Waals surface area contributed by atoms with Gasteiger partial charge in [0, 0.05) is 6.54 Å². The smallest absolute Gasteiger partial charge is 0.277 e. The molecule has 2 N–H and O–H groups in total. The minimum Gasteiger partial charge on any atom is -0.487 e. The van der Waals surface area contributed by atoms with Crippen molar-refractivity contribution in [2.75, 3.05) is 13.1 Å². The maximum absolute atomic E-state index is 11.3. The summed E-state index contributed by atoms with van der Waals surface area (Å²) in [4.78, 5) is 0. The maximum atomic E-state index is 11.3. The van der Waals surface area contributed by atoms with Crippen LogP contribution in [-0.4, -0.2) is 31.9 Å². The first-order valence-electron chi connectivity index (χ1n) is 5.66. The van der Waals surface area contributed by atoms with Gasteiger partial charge in [-0.1, -0.05) is 23.7 Å². The number of hydrogen-bond acceptors (Lipinski definition) is 3. The second-order valence-corrected chi connectivity index (χ2v) is 6.17. The summed E-state index contributed by atoms with van der Waals surface area (Å²) < 4.78 is 29.5. The molecule has 5 nitrogen and oxygen atoms in total. The molecule has 0 spiro atoms. The topological polar surface area (TPSA) is 72.6 Å². The lowest BCUT2D eigenvalue weighted by atomic mass is 10.1. The van der Waals surface area contributed by atoms with Gasteiger partial charge in [-0.2, -0.15) is 12.7 Å². The van der Waals surface area contributed by atoms with Gasteiger partial charge in [-0.3, -0.25) is 0 Å². The Morgan fingerprint density at radius 3 is 2.78 bits per heavy atom. The Hall–Kier alpha value is -0.820. The number of para-hydroxylation sites is 1. The average Bonchev–Trinajstić information content (AvgIpc) is 2.31. The number of halogens is 1. The Kier molecular flexibility index (Phi) is 4.11. The first kappa shape index (κ1) is 13.6. The Balaban J connectivity index is 2.05. The summed E-state index contributed by atoms with van der Waals surface area (Å²) >= 11 is 5.99. The summed E-state index contributed by atoms with van der Waals surface area (Å²) in [6.07, 6.45) is 1.31. The number of nitrogens with two attached hydrogens (primary N) is 1. The molecule has 0 radical (unpaired) electrons. The minimum atomic E-state index is -3.64. The molecule has 1 atom stereocenters. The van der Waals surface area contributed by atoms with Crippen LogP contribution in [0.4, 0.5) is 0 Å². The van der Waals surface area contributed by atoms with Crippen LogP contribution in [0.1, 0.15) is 12.8 Å². The van der Waals surface area contributed by atoms with E-state index in [-0.39, 0.29) is 12.6 Å². The molecule has 100 valence electrons. The Morgan fingerprint density at radius 1 is 1.39 bits per heavy atom. The molecule has 0 aromatic heterocycles. The molecule has 1 heterocycles. The van der Waals surface area contributed by atoms with Crippen molar-refractivity contribution in [1.82, 2.24) is 4.31 Å². The Morgan fingerprint density at radius 2 is 2.11 bits per heavy atom. The summed E-state index contributed by atoms with van der Waals surface area (Å²) in [6, 6.07) is 7.13. The van der Waals surface area contributed by atoms with E-state index in [0.717, 1.165) is 12.8 Å². The van der Waals surface area contributed by atoms with Crippen LogP contribution in [0, 0.1) is 0 Å². The van der Waals surface area contributed by atoms with Crippen LogP contribution < -0.4 is 9.88 Å². The fraction of sp³-hybridized carbons (Fsp3) is 0.455. The second-order valence-electron chi connectivity index (χ2n) is 4.22. The zero-order valence-electron chi connectivity index (χ0n) is 9.75. The molecule has 1 saturated heterocycles. The van der Waals surface area contributed by atoms with Crippen molar-refractivity contribution in [1.29, 1.82) is 0 Å². The molecule has 1 fully saturated rings. The van der Waals surface area contributed by atoms with Gasteiger partial charge >= 0.3 is 0 Å². The van der Waals surface area contributed by atoms with E-state index in [1.807, 2.05) is 12.1 Å². The SMILES string of the molecule is NS(=O)(=O)N1CCC[C@@H](Oc2ccccc2Cl)C1. The lowest BCUT2D eigenvalue weighted by molar-refractivity contribution is 0.130. The highest BCUT2D eigenvalue weighted by Gasteiger charge is 2.27. The third kappa shape index (κ3) is 3.35. The molecule has 0 unspecified atom stereocenters. The number of ether oxygens (including phenoxy) is 1. The molecule has 0 amide bonds. The van der Waals surface area contributed by atoms with Gasteiger partial charge in [0.05, 0.1) is 11.6 Å². The quantitative estimate of drug-likeness (QED) is 0.914. The summed E-state index contributed by atoms with van der Waals surface area (Å²) in [5, 5.41) is 5.63. The van der Waals surface area contributed by atoms with Crippen molar-refractivity contribution in [3.05, 3.63) is 29.3 Å². The van der Waals surface area contributed by atoms with Crippen LogP contribution in [0.25, 0.3) is 0 Å². The summed E-state index contributed by atoms with van der Waals surface area (Å²) in [5.41, 5.74) is 0. The van der Waals surface area contributed by atoms with E-state index < -0.39 is 10.2 Å². The Labute approximate surface area is 112 Å². The van der Waals surface area contributed by atoms with Crippen LogP contribution in [0.5, 0.6) is 5.75 Å². The van der Waals surface area contributed by atoms with E-state index in [4.69, 9.17) is 21.5 Å². The van der Waals surface area contributed by atoms with E-state index in [2.05, 4.69) is 0 Å². The lowest BCUT2D eigenvalue weighted by Crippen LogP contribution is -2.47. The largest absolute Gasteiger partial charge is 0.487 e. The van der Waals surface area contributed by atoms with Crippen molar-refractivity contribution >= 4 is 21.8 Å². The molecular weight excluding hydrogens is 276 g/mol. The molecule has 2 rings (SSSR count). The van der Waals surface area contributed by atoms with Crippen LogP contribution in [0.2, 0.25) is 5.02 Å². The van der Waals surface area contributed by atoms with Crippen LogP contribution in [0.15, 0.2) is 24.3 Å². The number of piperidine rings is 1. The zero-order valence-corrected chi connectivity index (χ0v) is 11.3. The molecule has 1 aromatic carbocycles. The number of hydrogen-bond donors (Lipinski definition) is 1. The van der Waals surface area contributed by atoms with Crippen molar-refractivity contribution in [3.63, 3.8) is 0 Å². The molecule has 1 aliphatic heterocycles. The fourth-order valence-electron chi connectivity index (χ4n) is 1.95. The van der Waals surface area contributed by atoms with Gasteiger partial charge in [-0.25, -0.2) is 5.14 Å². The van der Waals surface area contributed by atoms with E-state index in [0.29, 0.717) is 17.3 Å². The number of rotatable bonds is 3. The van der Waals surface area contributed by atoms with Crippen molar-refractivity contribution in [2.24, 2.45) is 5.14 Å². The van der Waals surface area contributed by atoms with Crippen molar-refractivity contribution < 1.29 is 13.2 Å². The Bertz CT molecular complexity index is 521. The first-order chi connectivity index (χ1) is 8.47. The zero-order chi connectivity index (χ0) is 13.2. The second kappa shape index (κ2) is 5.44. The average molecular weight is 291 g/mol. The van der Waals surface area contributed by atoms with Gasteiger partial charge in [0.2, 0.25) is 0 Å². The monoisotopic (exact) mass is 290 g/mol. The molecule has 18 heavy (non-hydrogen) atoms. The summed E-state index contributed by atoms with van der Waals surface area (Å²) in [7, 11) is -3.64. The first-order valence-corrected chi connectivity index (χ1v) is 7.54. The summed E-state index contributed by atoms with van der Waals surface area (Å²) in [6.45, 7) is 0.714. The highest BCUT2D eigenvalue weighted by atomic mass is 35.5. The van der Waals surface area contributed by atoms with Gasteiger partial charge in [0.15, 0.2) is 0 Å². The molecule has 7 heteroatoms. The number of benzene rings is 1. The maximum Gasteiger partial charge on any atom is 0.277 e. The van der Waals surface area contributed by atoms with E-state index in [1.54, 1.807) is 12.1 Å². The molecular formula is C11H15ClN2O3S. The predicted octanol–water partition coefficient (Wildman–Crippen LogP) is 1.39. The van der Waals surface area contributed by atoms with E-state index >= 15 is 0 Å². The molecule has 1 aromatic rings. The van der Waals surface area contributed by atoms with Gasteiger partial charge in [0.25, 0.3) is 10.2 Å². The highest BCUT2D eigenvalue weighted by Crippen LogP contribution is 2.26. The van der Waals surface area contributed by atoms with Crippen LogP contribution in [0.3, 0.4) is 0 Å². The van der Waals surface area contributed by atoms with Crippen LogP contribution in [-0.2, 0) is 10.2 Å². The fourth-order valence-corrected chi connectivity index (χ4v) is 2.89. The van der Waals surface area contributed by atoms with Crippen molar-refractivity contribution in [2.45, 2.75) is 18.9 Å². The highest BCUT2D eigenvalue weighted by molar-refractivity contribution is 7.86. The van der Waals surface area contributed by atoms with Gasteiger partial charge in [0.1, 0.15) is 11.9 Å². The minimum absolute atomic E-state index is 0.211. The third-order valence-corrected chi connectivity index (χ3v) is 4.19. The molecule has 1 aliphatic rings. The summed E-state index contributed by atoms with van der Waals surface area (Å²) in [5.74, 6) is 0.570. The third-order valence-electron chi connectivity index (χ3n) is 2.83. The molecule has 0 saturated carbocycles. The molecule has 0 aliphatic carbocycles. The number of nitrogens with zero attached hydrogens (tertiary/aromatic N) is 1. The predicted molar refractivity (Wildman–Crippen MR) is 69.8 cm³/mol. The normalized spacial score (nSPS) is 21.8. The lowest BCUT2D eigenvalue weighted by Gasteiger charge is -2.30. The van der Waals surface area contributed by atoms with E-state index in [9.17, 15) is 8.42 Å². The van der Waals surface area contributed by atoms with E-state index in [1.165, 1.54) is 4.31 Å².